The van der Waals surface area contributed by atoms with Crippen LogP contribution in [0.1, 0.15) is 30.1 Å². The van der Waals surface area contributed by atoms with Crippen LogP contribution in [0.25, 0.3) is 11.3 Å². The van der Waals surface area contributed by atoms with E-state index in [1.807, 2.05) is 57.1 Å². The smallest absolute Gasteiger partial charge is 0.216 e. The lowest BCUT2D eigenvalue weighted by molar-refractivity contribution is 0.451. The summed E-state index contributed by atoms with van der Waals surface area (Å²) in [6.45, 7) is 7.68. The lowest BCUT2D eigenvalue weighted by Crippen LogP contribution is -2.38. The van der Waals surface area contributed by atoms with E-state index in [9.17, 15) is 0 Å². The summed E-state index contributed by atoms with van der Waals surface area (Å²) in [6, 6.07) is 10.2. The number of hydrogen-bond acceptors (Lipinski definition) is 4. The molecule has 3 rings (SSSR count). The average molecular weight is 494 g/mol. The van der Waals surface area contributed by atoms with Crippen LogP contribution in [0, 0.1) is 13.8 Å². The fourth-order valence-electron chi connectivity index (χ4n) is 2.73. The van der Waals surface area contributed by atoms with Crippen molar-refractivity contribution in [3.05, 3.63) is 59.7 Å². The second-order valence-electron chi connectivity index (χ2n) is 6.39. The molecule has 0 fully saturated rings. The third-order valence-electron chi connectivity index (χ3n) is 4.23. The number of halogens is 1. The van der Waals surface area contributed by atoms with E-state index in [-0.39, 0.29) is 24.0 Å². The third-order valence-corrected chi connectivity index (χ3v) is 4.23. The minimum Gasteiger partial charge on any atom is -0.444 e. The van der Waals surface area contributed by atoms with Gasteiger partial charge in [0.1, 0.15) is 18.1 Å². The van der Waals surface area contributed by atoms with Crippen LogP contribution in [0.3, 0.4) is 0 Å². The molecule has 0 bridgehead atoms. The van der Waals surface area contributed by atoms with Gasteiger partial charge in [-0.15, -0.1) is 24.0 Å². The van der Waals surface area contributed by atoms with Crippen molar-refractivity contribution < 1.29 is 4.42 Å². The van der Waals surface area contributed by atoms with E-state index in [0.29, 0.717) is 19.0 Å². The summed E-state index contributed by atoms with van der Waals surface area (Å²) in [5.74, 6) is 3.12. The largest absolute Gasteiger partial charge is 0.444 e. The highest BCUT2D eigenvalue weighted by Crippen LogP contribution is 2.16. The Hall–Kier alpha value is -2.36. The van der Waals surface area contributed by atoms with Gasteiger partial charge >= 0.3 is 0 Å². The van der Waals surface area contributed by atoms with Crippen LogP contribution < -0.4 is 5.32 Å². The maximum atomic E-state index is 5.61. The summed E-state index contributed by atoms with van der Waals surface area (Å²) >= 11 is 0. The number of aromatic nitrogens is 3. The van der Waals surface area contributed by atoms with Crippen LogP contribution in [0.2, 0.25) is 0 Å². The molecule has 0 spiro atoms. The van der Waals surface area contributed by atoms with Crippen molar-refractivity contribution in [2.75, 3.05) is 13.6 Å². The van der Waals surface area contributed by atoms with Gasteiger partial charge in [-0.05, 0) is 26.3 Å². The number of rotatable bonds is 6. The van der Waals surface area contributed by atoms with Gasteiger partial charge in [0.05, 0.1) is 24.1 Å². The molecule has 0 saturated heterocycles. The predicted octanol–water partition coefficient (Wildman–Crippen LogP) is 3.90. The van der Waals surface area contributed by atoms with Crippen molar-refractivity contribution in [1.82, 2.24) is 25.2 Å². The Balaban J connectivity index is 0.00000280. The Bertz CT molecular complexity index is 883. The standard InChI is InChI=1S/C20H26N6O.HI/c1-5-21-20(23-12-19-24-14(2)15(3)27-19)26(4)13-18-22-11-17(25-18)16-9-7-6-8-10-16;/h6-11H,5,12-13H2,1-4H3,(H,21,23)(H,22,25);1H. The lowest BCUT2D eigenvalue weighted by atomic mass is 10.2. The molecule has 0 aliphatic heterocycles. The number of nitrogens with zero attached hydrogens (tertiary/aromatic N) is 4. The minimum atomic E-state index is 0. The number of aromatic amines is 1. The molecule has 0 radical (unpaired) electrons. The summed E-state index contributed by atoms with van der Waals surface area (Å²) in [5, 5.41) is 3.30. The summed E-state index contributed by atoms with van der Waals surface area (Å²) in [4.78, 5) is 18.9. The number of benzene rings is 1. The molecule has 8 heteroatoms. The molecule has 2 N–H and O–H groups in total. The van der Waals surface area contributed by atoms with Gasteiger partial charge in [-0.25, -0.2) is 15.0 Å². The SMILES string of the molecule is CCNC(=NCc1nc(C)c(C)o1)N(C)Cc1ncc(-c2ccccc2)[nH]1.I. The van der Waals surface area contributed by atoms with Crippen LogP contribution in [0.5, 0.6) is 0 Å². The molecule has 0 saturated carbocycles. The second kappa shape index (κ2) is 10.3. The number of aryl methyl sites for hydroxylation is 2. The van der Waals surface area contributed by atoms with Crippen molar-refractivity contribution in [3.8, 4) is 11.3 Å². The van der Waals surface area contributed by atoms with Crippen molar-refractivity contribution in [2.24, 2.45) is 4.99 Å². The van der Waals surface area contributed by atoms with Crippen molar-refractivity contribution in [1.29, 1.82) is 0 Å². The molecule has 2 heterocycles. The van der Waals surface area contributed by atoms with Gasteiger partial charge in [-0.2, -0.15) is 0 Å². The fraction of sp³-hybridized carbons (Fsp3) is 0.350. The van der Waals surface area contributed by atoms with Gasteiger partial charge in [0, 0.05) is 13.6 Å². The second-order valence-corrected chi connectivity index (χ2v) is 6.39. The van der Waals surface area contributed by atoms with E-state index < -0.39 is 0 Å². The van der Waals surface area contributed by atoms with Gasteiger partial charge in [0.25, 0.3) is 0 Å². The molecule has 3 aromatic rings. The number of aliphatic imine (C=N–C) groups is 1. The first-order chi connectivity index (χ1) is 13.1. The molecule has 0 aliphatic rings. The number of hydrogen-bond donors (Lipinski definition) is 2. The van der Waals surface area contributed by atoms with Crippen LogP contribution in [0.15, 0.2) is 45.9 Å². The highest BCUT2D eigenvalue weighted by Gasteiger charge is 2.11. The summed E-state index contributed by atoms with van der Waals surface area (Å²) in [7, 11) is 1.98. The van der Waals surface area contributed by atoms with E-state index in [4.69, 9.17) is 4.42 Å². The molecule has 0 unspecified atom stereocenters. The zero-order valence-electron chi connectivity index (χ0n) is 16.7. The van der Waals surface area contributed by atoms with E-state index in [2.05, 4.69) is 37.4 Å². The number of imidazole rings is 1. The van der Waals surface area contributed by atoms with Gasteiger partial charge < -0.3 is 19.6 Å². The zero-order chi connectivity index (χ0) is 19.2. The normalized spacial score (nSPS) is 11.2. The summed E-state index contributed by atoms with van der Waals surface area (Å²) in [6.07, 6.45) is 1.86. The Morgan fingerprint density at radius 2 is 2.00 bits per heavy atom. The van der Waals surface area contributed by atoms with E-state index in [1.54, 1.807) is 0 Å². The molecule has 2 aromatic heterocycles. The minimum absolute atomic E-state index is 0. The molecular weight excluding hydrogens is 467 g/mol. The molecule has 0 amide bonds. The quantitative estimate of drug-likeness (QED) is 0.309. The van der Waals surface area contributed by atoms with Gasteiger partial charge in [-0.1, -0.05) is 30.3 Å². The lowest BCUT2D eigenvalue weighted by Gasteiger charge is -2.20. The Labute approximate surface area is 182 Å². The Morgan fingerprint density at radius 1 is 1.25 bits per heavy atom. The number of nitrogens with one attached hydrogen (secondary N) is 2. The van der Waals surface area contributed by atoms with E-state index in [0.717, 1.165) is 41.0 Å². The maximum Gasteiger partial charge on any atom is 0.216 e. The third kappa shape index (κ3) is 5.57. The van der Waals surface area contributed by atoms with Crippen molar-refractivity contribution >= 4 is 29.9 Å². The number of oxazole rings is 1. The van der Waals surface area contributed by atoms with Gasteiger partial charge in [0.15, 0.2) is 5.96 Å². The van der Waals surface area contributed by atoms with E-state index >= 15 is 0 Å². The molecular formula is C20H27IN6O. The molecule has 1 aromatic carbocycles. The highest BCUT2D eigenvalue weighted by atomic mass is 127. The number of guanidine groups is 1. The predicted molar refractivity (Wildman–Crippen MR) is 122 cm³/mol. The Morgan fingerprint density at radius 3 is 2.64 bits per heavy atom. The average Bonchev–Trinajstić information content (AvgIpc) is 3.26. The van der Waals surface area contributed by atoms with Crippen molar-refractivity contribution in [3.63, 3.8) is 0 Å². The monoisotopic (exact) mass is 494 g/mol. The maximum absolute atomic E-state index is 5.61. The first-order valence-electron chi connectivity index (χ1n) is 9.08. The summed E-state index contributed by atoms with van der Waals surface area (Å²) < 4.78 is 5.61. The fourth-order valence-corrected chi connectivity index (χ4v) is 2.73. The molecule has 28 heavy (non-hydrogen) atoms. The molecule has 0 atom stereocenters. The topological polar surface area (TPSA) is 82.3 Å². The van der Waals surface area contributed by atoms with Gasteiger partial charge in [-0.3, -0.25) is 0 Å². The Kier molecular flexibility index (Phi) is 8.04. The first-order valence-corrected chi connectivity index (χ1v) is 9.08. The first kappa shape index (κ1) is 21.9. The van der Waals surface area contributed by atoms with Crippen LogP contribution in [-0.2, 0) is 13.1 Å². The van der Waals surface area contributed by atoms with Crippen LogP contribution >= 0.6 is 24.0 Å². The van der Waals surface area contributed by atoms with Crippen molar-refractivity contribution in [2.45, 2.75) is 33.9 Å². The molecule has 7 nitrogen and oxygen atoms in total. The van der Waals surface area contributed by atoms with E-state index in [1.165, 1.54) is 0 Å². The molecule has 0 aliphatic carbocycles. The van der Waals surface area contributed by atoms with Gasteiger partial charge in [0.2, 0.25) is 5.89 Å². The van der Waals surface area contributed by atoms with Crippen LogP contribution in [-0.4, -0.2) is 39.4 Å². The zero-order valence-corrected chi connectivity index (χ0v) is 19.0. The number of H-pyrrole nitrogens is 1. The highest BCUT2D eigenvalue weighted by molar-refractivity contribution is 14.0. The van der Waals surface area contributed by atoms with Crippen LogP contribution in [0.4, 0.5) is 0 Å². The summed E-state index contributed by atoms with van der Waals surface area (Å²) in [5.41, 5.74) is 3.03. The molecule has 150 valence electrons.